The first-order chi connectivity index (χ1) is 21.5. The molecule has 2 saturated heterocycles. The Kier molecular flexibility index (Phi) is 9.84. The first kappa shape index (κ1) is 30.6. The lowest BCUT2D eigenvalue weighted by atomic mass is 9.92. The molecule has 0 spiro atoms. The van der Waals surface area contributed by atoms with E-state index < -0.39 is 0 Å². The van der Waals surface area contributed by atoms with E-state index in [2.05, 4.69) is 75.6 Å². The van der Waals surface area contributed by atoms with Crippen LogP contribution >= 0.6 is 11.8 Å². The maximum Gasteiger partial charge on any atom is 0.354 e. The van der Waals surface area contributed by atoms with Crippen molar-refractivity contribution in [3.8, 4) is 5.69 Å². The van der Waals surface area contributed by atoms with Crippen LogP contribution in [0.15, 0.2) is 71.7 Å². The molecule has 8 nitrogen and oxygen atoms in total. The third-order valence-corrected chi connectivity index (χ3v) is 10.1. The van der Waals surface area contributed by atoms with Crippen molar-refractivity contribution in [2.45, 2.75) is 88.9 Å². The lowest BCUT2D eigenvalue weighted by molar-refractivity contribution is 0.188. The van der Waals surface area contributed by atoms with E-state index in [-0.39, 0.29) is 16.9 Å². The van der Waals surface area contributed by atoms with Crippen LogP contribution in [0.4, 0.5) is 0 Å². The van der Waals surface area contributed by atoms with Gasteiger partial charge in [-0.05, 0) is 74.4 Å². The second-order valence-electron chi connectivity index (χ2n) is 12.3. The number of nitrogens with one attached hydrogen (secondary N) is 3. The number of hydrogen-bond donors (Lipinski definition) is 4. The molecule has 0 unspecified atom stereocenters. The van der Waals surface area contributed by atoms with Gasteiger partial charge in [-0.2, -0.15) is 4.98 Å². The van der Waals surface area contributed by atoms with Crippen molar-refractivity contribution in [2.24, 2.45) is 5.73 Å². The summed E-state index contributed by atoms with van der Waals surface area (Å²) in [6.45, 7) is 3.32. The van der Waals surface area contributed by atoms with Crippen LogP contribution in [0, 0.1) is 5.41 Å². The Labute approximate surface area is 264 Å². The molecular formula is C35H45N7OS. The van der Waals surface area contributed by atoms with Gasteiger partial charge in [0.1, 0.15) is 5.65 Å². The van der Waals surface area contributed by atoms with Gasteiger partial charge < -0.3 is 16.0 Å². The second kappa shape index (κ2) is 14.1. The number of amidine groups is 1. The van der Waals surface area contributed by atoms with Gasteiger partial charge in [-0.15, -0.1) is 0 Å². The topological polar surface area (TPSA) is 116 Å². The largest absolute Gasteiger partial charge is 0.379 e. The molecule has 0 bridgehead atoms. The second-order valence-corrected chi connectivity index (χ2v) is 13.5. The summed E-state index contributed by atoms with van der Waals surface area (Å²) >= 11 is 1.41. The standard InChI is InChI=1S/C35H45N7OS/c1-2-3-7-20-41-31(25-9-5-4-6-10-25)17-18-32(41)30-22-26-23-42(35(43)40-33(26)39-30)28-15-13-24(14-16-28)29-12-8-11-27(38-29)19-21-44-34(36)37/h4-6,9-10,13-16,22-23,27,29,31-32,38H,2-3,7-8,11-12,17-21H2,1H3,(H3,36,37)(H,39,40,43)/t27-,29-,31+,32-/m0/s1. The van der Waals surface area contributed by atoms with E-state index in [1.54, 1.807) is 4.57 Å². The molecule has 2 aliphatic heterocycles. The zero-order chi connectivity index (χ0) is 30.5. The molecule has 6 rings (SSSR count). The molecule has 0 radical (unpaired) electrons. The fourth-order valence-corrected chi connectivity index (χ4v) is 7.78. The van der Waals surface area contributed by atoms with Gasteiger partial charge in [-0.25, -0.2) is 4.79 Å². The Balaban J connectivity index is 1.19. The van der Waals surface area contributed by atoms with E-state index in [0.29, 0.717) is 23.8 Å². The van der Waals surface area contributed by atoms with E-state index in [0.717, 1.165) is 61.2 Å². The molecule has 2 fully saturated rings. The summed E-state index contributed by atoms with van der Waals surface area (Å²) in [5, 5.41) is 12.4. The quantitative estimate of drug-likeness (QED) is 0.0826. The molecule has 2 aromatic carbocycles. The lowest BCUT2D eigenvalue weighted by Gasteiger charge is -2.31. The minimum Gasteiger partial charge on any atom is -0.379 e. The Morgan fingerprint density at radius 1 is 1.02 bits per heavy atom. The minimum atomic E-state index is -0.272. The summed E-state index contributed by atoms with van der Waals surface area (Å²) < 4.78 is 1.67. The minimum absolute atomic E-state index is 0.186. The molecule has 4 heterocycles. The van der Waals surface area contributed by atoms with Crippen molar-refractivity contribution >= 4 is 28.0 Å². The average Bonchev–Trinajstić information content (AvgIpc) is 3.65. The van der Waals surface area contributed by atoms with Gasteiger partial charge in [0.05, 0.1) is 11.7 Å². The molecule has 5 N–H and O–H groups in total. The highest BCUT2D eigenvalue weighted by molar-refractivity contribution is 8.13. The fourth-order valence-electron chi connectivity index (χ4n) is 7.16. The molecule has 2 aromatic heterocycles. The van der Waals surface area contributed by atoms with Crippen LogP contribution in [0.5, 0.6) is 0 Å². The normalized spacial score (nSPS) is 22.5. The van der Waals surface area contributed by atoms with E-state index in [1.165, 1.54) is 48.6 Å². The molecular weight excluding hydrogens is 567 g/mol. The number of unbranched alkanes of at least 4 members (excludes halogenated alkanes) is 2. The third-order valence-electron chi connectivity index (χ3n) is 9.39. The zero-order valence-corrected chi connectivity index (χ0v) is 26.5. The molecule has 4 atom stereocenters. The molecule has 44 heavy (non-hydrogen) atoms. The van der Waals surface area contributed by atoms with Crippen LogP contribution in [0.3, 0.4) is 0 Å². The summed E-state index contributed by atoms with van der Waals surface area (Å²) in [6, 6.07) is 22.8. The molecule has 4 aromatic rings. The maximum absolute atomic E-state index is 13.2. The highest BCUT2D eigenvalue weighted by Crippen LogP contribution is 2.44. The number of aromatic nitrogens is 3. The zero-order valence-electron chi connectivity index (χ0n) is 25.7. The smallest absolute Gasteiger partial charge is 0.354 e. The average molecular weight is 612 g/mol. The number of benzene rings is 2. The number of likely N-dealkylation sites (tertiary alicyclic amines) is 1. The Morgan fingerprint density at radius 3 is 2.59 bits per heavy atom. The highest BCUT2D eigenvalue weighted by atomic mass is 32.2. The summed E-state index contributed by atoms with van der Waals surface area (Å²) in [5.74, 6) is 0.864. The predicted octanol–water partition coefficient (Wildman–Crippen LogP) is 6.98. The predicted molar refractivity (Wildman–Crippen MR) is 182 cm³/mol. The fraction of sp³-hybridized carbons (Fsp3) is 0.457. The Hall–Kier alpha value is -3.40. The maximum atomic E-state index is 13.2. The number of hydrogen-bond acceptors (Lipinski definition) is 6. The number of nitrogens with zero attached hydrogens (tertiary/aromatic N) is 3. The monoisotopic (exact) mass is 611 g/mol. The van der Waals surface area contributed by atoms with Gasteiger partial charge in [-0.1, -0.05) is 80.4 Å². The molecule has 2 aliphatic rings. The van der Waals surface area contributed by atoms with Crippen LogP contribution < -0.4 is 16.7 Å². The summed E-state index contributed by atoms with van der Waals surface area (Å²) in [7, 11) is 0. The van der Waals surface area contributed by atoms with Crippen molar-refractivity contribution in [3.05, 3.63) is 94.2 Å². The van der Waals surface area contributed by atoms with Gasteiger partial charge in [0.25, 0.3) is 0 Å². The number of piperidine rings is 1. The van der Waals surface area contributed by atoms with Crippen LogP contribution in [0.1, 0.15) is 99.7 Å². The van der Waals surface area contributed by atoms with Crippen molar-refractivity contribution < 1.29 is 0 Å². The van der Waals surface area contributed by atoms with Gasteiger partial charge in [0.15, 0.2) is 5.17 Å². The molecule has 232 valence electrons. The Morgan fingerprint density at radius 2 is 1.82 bits per heavy atom. The van der Waals surface area contributed by atoms with Crippen LogP contribution in [-0.4, -0.2) is 42.9 Å². The van der Waals surface area contributed by atoms with Crippen molar-refractivity contribution in [1.82, 2.24) is 24.8 Å². The molecule has 9 heteroatoms. The summed E-state index contributed by atoms with van der Waals surface area (Å²) in [5.41, 5.74) is 10.5. The number of nitrogens with two attached hydrogens (primary N) is 1. The number of aromatic amines is 1. The van der Waals surface area contributed by atoms with Gasteiger partial charge in [0, 0.05) is 41.2 Å². The van der Waals surface area contributed by atoms with Crippen molar-refractivity contribution in [1.29, 1.82) is 5.41 Å². The number of H-pyrrole nitrogens is 1. The first-order valence-corrected chi connectivity index (χ1v) is 17.2. The molecule has 0 aliphatic carbocycles. The first-order valence-electron chi connectivity index (χ1n) is 16.3. The van der Waals surface area contributed by atoms with Gasteiger partial charge in [-0.3, -0.25) is 14.9 Å². The van der Waals surface area contributed by atoms with E-state index >= 15 is 0 Å². The summed E-state index contributed by atoms with van der Waals surface area (Å²) in [4.78, 5) is 23.9. The molecule has 0 saturated carbocycles. The van der Waals surface area contributed by atoms with Crippen molar-refractivity contribution in [3.63, 3.8) is 0 Å². The van der Waals surface area contributed by atoms with Crippen LogP contribution in [-0.2, 0) is 0 Å². The Bertz CT molecular complexity index is 1600. The van der Waals surface area contributed by atoms with Gasteiger partial charge in [0.2, 0.25) is 0 Å². The molecule has 0 amide bonds. The van der Waals surface area contributed by atoms with E-state index in [4.69, 9.17) is 11.1 Å². The highest BCUT2D eigenvalue weighted by Gasteiger charge is 2.35. The number of thioether (sulfide) groups is 1. The summed E-state index contributed by atoms with van der Waals surface area (Å²) in [6.07, 6.45) is 12.2. The van der Waals surface area contributed by atoms with Crippen LogP contribution in [0.25, 0.3) is 16.7 Å². The number of fused-ring (bicyclic) bond motifs is 1. The van der Waals surface area contributed by atoms with Crippen molar-refractivity contribution in [2.75, 3.05) is 12.3 Å². The van der Waals surface area contributed by atoms with Gasteiger partial charge >= 0.3 is 5.69 Å². The SMILES string of the molecule is CCCCCN1[C@@H](c2ccccc2)CC[C@H]1c1cc2cn(-c3ccc([C@@H]4CCC[C@@H](CCSC(=N)N)N4)cc3)c(=O)nc2[nH]1. The van der Waals surface area contributed by atoms with E-state index in [1.807, 2.05) is 18.3 Å². The number of rotatable bonds is 11. The third kappa shape index (κ3) is 6.95. The van der Waals surface area contributed by atoms with E-state index in [9.17, 15) is 4.79 Å². The van der Waals surface area contributed by atoms with Crippen LogP contribution in [0.2, 0.25) is 0 Å². The lowest BCUT2D eigenvalue weighted by Crippen LogP contribution is -2.37.